The van der Waals surface area contributed by atoms with Crippen LogP contribution in [-0.2, 0) is 19.1 Å². The van der Waals surface area contributed by atoms with Gasteiger partial charge in [0.1, 0.15) is 0 Å². The summed E-state index contributed by atoms with van der Waals surface area (Å²) in [6.45, 7) is 6.79. The van der Waals surface area contributed by atoms with Crippen molar-refractivity contribution in [3.8, 4) is 0 Å². The predicted molar refractivity (Wildman–Crippen MR) is 138 cm³/mol. The maximum absolute atomic E-state index is 13.1. The molecule has 36 heavy (non-hydrogen) atoms. The number of esters is 2. The average molecular weight is 560 g/mol. The van der Waals surface area contributed by atoms with Crippen molar-refractivity contribution in [2.75, 3.05) is 6.61 Å². The Kier molecular flexibility index (Phi) is 5.94. The Balaban J connectivity index is 1.38. The van der Waals surface area contributed by atoms with Crippen LogP contribution in [0.1, 0.15) is 78.6 Å². The number of carbonyl (C=O) groups is 2. The number of hydrogen-bond donors (Lipinski definition) is 1. The number of hydrogen-bond acceptors (Lipinski definition) is 5. The van der Waals surface area contributed by atoms with Gasteiger partial charge in [0.15, 0.2) is 0 Å². The normalized spacial score (nSPS) is 47.6. The SMILES string of the molecule is CC(=O)O[C@H]1CC[C@]2(C)[C@H]3CC[C@@]4(C)[C@@H](CC[C@]45CCOC5=O)[C@@H]3C[C@H]([Se]c3ccccc3)[C@]2(O)C1. The second kappa shape index (κ2) is 8.58. The van der Waals surface area contributed by atoms with Gasteiger partial charge >= 0.3 is 222 Å². The number of aliphatic hydroxyl groups is 1. The molecular formula is C30H40O5Se. The molecular weight excluding hydrogens is 519 g/mol. The van der Waals surface area contributed by atoms with E-state index in [9.17, 15) is 14.7 Å². The average Bonchev–Trinajstić information content (AvgIpc) is 3.36. The summed E-state index contributed by atoms with van der Waals surface area (Å²) >= 11 is 0.108. The molecule has 4 aliphatic carbocycles. The number of carbonyl (C=O) groups excluding carboxylic acids is 2. The number of cyclic esters (lactones) is 1. The Hall–Kier alpha value is -1.36. The van der Waals surface area contributed by atoms with Crippen molar-refractivity contribution in [2.45, 2.75) is 95.1 Å². The van der Waals surface area contributed by atoms with Crippen molar-refractivity contribution >= 4 is 31.4 Å². The van der Waals surface area contributed by atoms with Crippen molar-refractivity contribution in [1.82, 2.24) is 0 Å². The van der Waals surface area contributed by atoms with Gasteiger partial charge in [0.2, 0.25) is 0 Å². The second-order valence-corrected chi connectivity index (χ2v) is 15.5. The van der Waals surface area contributed by atoms with Crippen LogP contribution in [0.25, 0.3) is 0 Å². The van der Waals surface area contributed by atoms with E-state index < -0.39 is 5.60 Å². The summed E-state index contributed by atoms with van der Waals surface area (Å²) < 4.78 is 12.6. The van der Waals surface area contributed by atoms with Gasteiger partial charge in [-0.3, -0.25) is 0 Å². The van der Waals surface area contributed by atoms with Crippen LogP contribution < -0.4 is 4.46 Å². The molecule has 1 saturated heterocycles. The number of ether oxygens (including phenoxy) is 2. The molecule has 0 amide bonds. The molecule has 5 aliphatic rings. The van der Waals surface area contributed by atoms with Crippen LogP contribution in [0, 0.1) is 34.0 Å². The van der Waals surface area contributed by atoms with Crippen LogP contribution in [0.2, 0.25) is 4.82 Å². The van der Waals surface area contributed by atoms with Crippen molar-refractivity contribution in [2.24, 2.45) is 34.0 Å². The van der Waals surface area contributed by atoms with Crippen molar-refractivity contribution < 1.29 is 24.2 Å². The fourth-order valence-corrected chi connectivity index (χ4v) is 13.0. The first-order chi connectivity index (χ1) is 17.1. The zero-order valence-corrected chi connectivity index (χ0v) is 23.5. The molecule has 196 valence electrons. The zero-order chi connectivity index (χ0) is 25.3. The summed E-state index contributed by atoms with van der Waals surface area (Å²) in [5.74, 6) is 1.26. The van der Waals surface area contributed by atoms with Gasteiger partial charge in [-0.1, -0.05) is 0 Å². The molecule has 5 fully saturated rings. The summed E-state index contributed by atoms with van der Waals surface area (Å²) in [7, 11) is 0. The predicted octanol–water partition coefficient (Wildman–Crippen LogP) is 4.44. The van der Waals surface area contributed by atoms with E-state index in [4.69, 9.17) is 9.47 Å². The molecule has 1 aromatic rings. The molecule has 4 saturated carbocycles. The molecule has 5 nitrogen and oxygen atoms in total. The van der Waals surface area contributed by atoms with Gasteiger partial charge in [0.05, 0.1) is 0 Å². The van der Waals surface area contributed by atoms with Gasteiger partial charge in [-0.25, -0.2) is 0 Å². The Morgan fingerprint density at radius 2 is 1.72 bits per heavy atom. The second-order valence-electron chi connectivity index (χ2n) is 12.8. The molecule has 1 aliphatic heterocycles. The van der Waals surface area contributed by atoms with Crippen LogP contribution in [0.3, 0.4) is 0 Å². The van der Waals surface area contributed by atoms with Gasteiger partial charge in [-0.05, 0) is 0 Å². The molecule has 9 atom stereocenters. The molecule has 6 rings (SSSR count). The zero-order valence-electron chi connectivity index (χ0n) is 21.8. The Bertz CT molecular complexity index is 1050. The van der Waals surface area contributed by atoms with E-state index in [0.29, 0.717) is 30.8 Å². The first-order valence-electron chi connectivity index (χ1n) is 13.9. The monoisotopic (exact) mass is 560 g/mol. The van der Waals surface area contributed by atoms with Crippen molar-refractivity contribution in [1.29, 1.82) is 0 Å². The molecule has 1 spiro atoms. The summed E-state index contributed by atoms with van der Waals surface area (Å²) in [5.41, 5.74) is -1.36. The van der Waals surface area contributed by atoms with Gasteiger partial charge in [-0.15, -0.1) is 0 Å². The minimum atomic E-state index is -0.849. The Morgan fingerprint density at radius 3 is 2.42 bits per heavy atom. The third-order valence-corrected chi connectivity index (χ3v) is 14.6. The first-order valence-corrected chi connectivity index (χ1v) is 15.8. The fourth-order valence-electron chi connectivity index (χ4n) is 9.80. The maximum atomic E-state index is 13.1. The molecule has 1 aromatic carbocycles. The Morgan fingerprint density at radius 1 is 1.03 bits per heavy atom. The van der Waals surface area contributed by atoms with Crippen LogP contribution in [0.4, 0.5) is 0 Å². The number of rotatable bonds is 3. The molecule has 0 radical (unpaired) electrons. The molecule has 1 N–H and O–H groups in total. The van der Waals surface area contributed by atoms with Crippen LogP contribution in [0.15, 0.2) is 30.3 Å². The summed E-state index contributed by atoms with van der Waals surface area (Å²) in [6, 6.07) is 10.6. The van der Waals surface area contributed by atoms with E-state index in [1.54, 1.807) is 0 Å². The van der Waals surface area contributed by atoms with Crippen LogP contribution in [-0.4, -0.2) is 50.3 Å². The fraction of sp³-hybridized carbons (Fsp3) is 0.733. The summed E-state index contributed by atoms with van der Waals surface area (Å²) in [5, 5.41) is 12.7. The van der Waals surface area contributed by atoms with Gasteiger partial charge in [0, 0.05) is 0 Å². The number of benzene rings is 1. The van der Waals surface area contributed by atoms with E-state index in [-0.39, 0.29) is 54.1 Å². The third-order valence-electron chi connectivity index (χ3n) is 11.7. The number of fused-ring (bicyclic) bond motifs is 6. The van der Waals surface area contributed by atoms with Crippen LogP contribution in [0.5, 0.6) is 0 Å². The molecule has 0 aromatic heterocycles. The molecule has 1 heterocycles. The van der Waals surface area contributed by atoms with Crippen molar-refractivity contribution in [3.05, 3.63) is 30.3 Å². The van der Waals surface area contributed by atoms with Gasteiger partial charge in [0.25, 0.3) is 0 Å². The van der Waals surface area contributed by atoms with Crippen LogP contribution >= 0.6 is 0 Å². The van der Waals surface area contributed by atoms with Gasteiger partial charge in [-0.2, -0.15) is 0 Å². The standard InChI is InChI=1S/C30H40O5Se/c1-19(31)35-20-9-12-28(3)24-10-13-27(2)23(11-14-29(27)15-16-34-26(29)32)22(24)17-25(30(28,33)18-20)36-21-7-5-4-6-8-21/h4-8,20,22-25,33H,9-18H2,1-3H3/t20-,22-,23-,24-,25-,27-,28+,29+,30+/m0/s1. The summed E-state index contributed by atoms with van der Waals surface area (Å²) in [4.78, 5) is 25.1. The molecule has 0 unspecified atom stereocenters. The summed E-state index contributed by atoms with van der Waals surface area (Å²) in [6.07, 6.45) is 8.10. The third kappa shape index (κ3) is 3.36. The van der Waals surface area contributed by atoms with E-state index >= 15 is 0 Å². The Labute approximate surface area is 221 Å². The van der Waals surface area contributed by atoms with E-state index in [2.05, 4.69) is 44.2 Å². The molecule has 0 bridgehead atoms. The van der Waals surface area contributed by atoms with E-state index in [1.165, 1.54) is 11.4 Å². The molecule has 6 heteroatoms. The quantitative estimate of drug-likeness (QED) is 0.438. The first kappa shape index (κ1) is 24.9. The van der Waals surface area contributed by atoms with Gasteiger partial charge < -0.3 is 0 Å². The van der Waals surface area contributed by atoms with Crippen molar-refractivity contribution in [3.63, 3.8) is 0 Å². The minimum absolute atomic E-state index is 0.00714. The van der Waals surface area contributed by atoms with E-state index in [1.807, 2.05) is 0 Å². The topological polar surface area (TPSA) is 72.8 Å². The van der Waals surface area contributed by atoms with E-state index in [0.717, 1.165) is 51.4 Å².